The summed E-state index contributed by atoms with van der Waals surface area (Å²) < 4.78 is 1.65. The second kappa shape index (κ2) is 5.66. The molecule has 3 rings (SSSR count). The van der Waals surface area contributed by atoms with Gasteiger partial charge in [0.15, 0.2) is 5.16 Å². The first-order valence-corrected chi connectivity index (χ1v) is 8.48. The van der Waals surface area contributed by atoms with Crippen LogP contribution in [0.1, 0.15) is 13.8 Å². The molecule has 21 heavy (non-hydrogen) atoms. The molecular weight excluding hydrogens is 300 g/mol. The molecule has 0 aliphatic carbocycles. The number of benzene rings is 1. The Labute approximate surface area is 131 Å². The van der Waals surface area contributed by atoms with Gasteiger partial charge in [0.25, 0.3) is 5.56 Å². The van der Waals surface area contributed by atoms with E-state index in [1.165, 1.54) is 0 Å². The van der Waals surface area contributed by atoms with Crippen molar-refractivity contribution in [2.45, 2.75) is 24.3 Å². The topological polar surface area (TPSA) is 34.9 Å². The number of hydrogen-bond acceptors (Lipinski definition) is 4. The highest BCUT2D eigenvalue weighted by molar-refractivity contribution is 7.99. The van der Waals surface area contributed by atoms with E-state index in [-0.39, 0.29) is 5.56 Å². The van der Waals surface area contributed by atoms with Gasteiger partial charge in [0.1, 0.15) is 4.83 Å². The first kappa shape index (κ1) is 14.4. The molecule has 0 amide bonds. The summed E-state index contributed by atoms with van der Waals surface area (Å²) in [6.07, 6.45) is 0. The number of rotatable bonds is 3. The Kier molecular flexibility index (Phi) is 3.87. The quantitative estimate of drug-likeness (QED) is 0.537. The highest BCUT2D eigenvalue weighted by atomic mass is 32.2. The van der Waals surface area contributed by atoms with Gasteiger partial charge in [0.2, 0.25) is 0 Å². The molecule has 5 heteroatoms. The number of fused-ring (bicyclic) bond motifs is 1. The smallest absolute Gasteiger partial charge is 0.262 e. The lowest BCUT2D eigenvalue weighted by molar-refractivity contribution is 0.726. The summed E-state index contributed by atoms with van der Waals surface area (Å²) in [4.78, 5) is 19.1. The van der Waals surface area contributed by atoms with Crippen molar-refractivity contribution >= 4 is 33.3 Å². The van der Waals surface area contributed by atoms with Gasteiger partial charge in [-0.05, 0) is 11.6 Å². The van der Waals surface area contributed by atoms with Gasteiger partial charge in [-0.1, -0.05) is 55.9 Å². The van der Waals surface area contributed by atoms with Crippen molar-refractivity contribution in [1.82, 2.24) is 9.55 Å². The molecule has 2 aromatic heterocycles. The number of aromatic nitrogens is 2. The third-order valence-corrected chi connectivity index (χ3v) is 5.26. The fraction of sp³-hybridized carbons (Fsp3) is 0.250. The van der Waals surface area contributed by atoms with Crippen LogP contribution in [-0.4, -0.2) is 14.8 Å². The minimum Gasteiger partial charge on any atom is -0.290 e. The first-order chi connectivity index (χ1) is 10.1. The Hall–Kier alpha value is -1.59. The second-order valence-corrected chi connectivity index (χ2v) is 7.69. The Morgan fingerprint density at radius 2 is 1.95 bits per heavy atom. The number of thiophene rings is 1. The molecule has 0 bridgehead atoms. The molecule has 0 aliphatic heterocycles. The molecule has 1 aromatic carbocycles. The van der Waals surface area contributed by atoms with E-state index in [0.717, 1.165) is 20.4 Å². The van der Waals surface area contributed by atoms with Gasteiger partial charge in [-0.25, -0.2) is 4.98 Å². The van der Waals surface area contributed by atoms with E-state index < -0.39 is 0 Å². The van der Waals surface area contributed by atoms with Gasteiger partial charge in [-0.3, -0.25) is 9.36 Å². The van der Waals surface area contributed by atoms with E-state index >= 15 is 0 Å². The monoisotopic (exact) mass is 316 g/mol. The zero-order valence-corrected chi connectivity index (χ0v) is 13.8. The largest absolute Gasteiger partial charge is 0.290 e. The highest BCUT2D eigenvalue weighted by Gasteiger charge is 2.14. The normalized spacial score (nSPS) is 11.4. The third kappa shape index (κ3) is 2.76. The minimum atomic E-state index is 0.0292. The molecule has 108 valence electrons. The van der Waals surface area contributed by atoms with Crippen LogP contribution in [0.5, 0.6) is 0 Å². The molecule has 0 atom stereocenters. The van der Waals surface area contributed by atoms with Crippen LogP contribution in [0.25, 0.3) is 20.7 Å². The van der Waals surface area contributed by atoms with E-state index in [1.807, 2.05) is 24.3 Å². The highest BCUT2D eigenvalue weighted by Crippen LogP contribution is 2.32. The van der Waals surface area contributed by atoms with Crippen LogP contribution in [0.2, 0.25) is 0 Å². The summed E-state index contributed by atoms with van der Waals surface area (Å²) >= 11 is 3.19. The van der Waals surface area contributed by atoms with Crippen molar-refractivity contribution in [3.05, 3.63) is 46.8 Å². The zero-order chi connectivity index (χ0) is 15.0. The van der Waals surface area contributed by atoms with Gasteiger partial charge in [-0.15, -0.1) is 11.3 Å². The number of nitrogens with zero attached hydrogens (tertiary/aromatic N) is 2. The molecule has 0 unspecified atom stereocenters. The molecule has 0 N–H and O–H groups in total. The molecule has 0 spiro atoms. The summed E-state index contributed by atoms with van der Waals surface area (Å²) in [7, 11) is 1.79. The Bertz CT molecular complexity index is 835. The fourth-order valence-electron chi connectivity index (χ4n) is 2.11. The van der Waals surface area contributed by atoms with Crippen molar-refractivity contribution in [3.63, 3.8) is 0 Å². The average Bonchev–Trinajstić information content (AvgIpc) is 2.89. The summed E-state index contributed by atoms with van der Waals surface area (Å²) in [5, 5.41) is 1.88. The van der Waals surface area contributed by atoms with Crippen LogP contribution in [0, 0.1) is 0 Å². The maximum atomic E-state index is 12.5. The average molecular weight is 316 g/mol. The van der Waals surface area contributed by atoms with E-state index in [2.05, 4.69) is 31.0 Å². The predicted octanol–water partition coefficient (Wildman–Crippen LogP) is 4.16. The molecule has 0 radical (unpaired) electrons. The lowest BCUT2D eigenvalue weighted by Crippen LogP contribution is -2.19. The van der Waals surface area contributed by atoms with Crippen molar-refractivity contribution in [2.24, 2.45) is 7.05 Å². The van der Waals surface area contributed by atoms with Crippen molar-refractivity contribution < 1.29 is 0 Å². The first-order valence-electron chi connectivity index (χ1n) is 6.79. The summed E-state index contributed by atoms with van der Waals surface area (Å²) in [5.41, 5.74) is 1.15. The molecule has 3 aromatic rings. The predicted molar refractivity (Wildman–Crippen MR) is 91.3 cm³/mol. The molecule has 3 nitrogen and oxygen atoms in total. The van der Waals surface area contributed by atoms with Gasteiger partial charge in [0, 0.05) is 17.2 Å². The standard InChI is InChI=1S/C16H16N2OS2/c1-10(2)20-16-17-14-12(15(19)18(16)3)9-13(21-14)11-7-5-4-6-8-11/h4-10H,1-3H3. The summed E-state index contributed by atoms with van der Waals surface area (Å²) in [6.45, 7) is 4.20. The van der Waals surface area contributed by atoms with Gasteiger partial charge in [0.05, 0.1) is 5.39 Å². The maximum Gasteiger partial charge on any atom is 0.262 e. The number of thioether (sulfide) groups is 1. The van der Waals surface area contributed by atoms with Crippen molar-refractivity contribution in [2.75, 3.05) is 0 Å². The minimum absolute atomic E-state index is 0.0292. The van der Waals surface area contributed by atoms with Gasteiger partial charge >= 0.3 is 0 Å². The summed E-state index contributed by atoms with van der Waals surface area (Å²) in [5.74, 6) is 0. The Morgan fingerprint density at radius 1 is 1.24 bits per heavy atom. The van der Waals surface area contributed by atoms with Crippen LogP contribution in [0.4, 0.5) is 0 Å². The van der Waals surface area contributed by atoms with E-state index in [0.29, 0.717) is 10.6 Å². The van der Waals surface area contributed by atoms with E-state index in [9.17, 15) is 4.79 Å². The maximum absolute atomic E-state index is 12.5. The van der Waals surface area contributed by atoms with Crippen LogP contribution in [-0.2, 0) is 7.05 Å². The van der Waals surface area contributed by atoms with Gasteiger partial charge in [-0.2, -0.15) is 0 Å². The molecule has 0 aliphatic rings. The molecule has 2 heterocycles. The van der Waals surface area contributed by atoms with E-state index in [1.54, 1.807) is 34.7 Å². The fourth-order valence-corrected chi connectivity index (χ4v) is 4.00. The van der Waals surface area contributed by atoms with Crippen molar-refractivity contribution in [3.8, 4) is 10.4 Å². The number of hydrogen-bond donors (Lipinski definition) is 0. The molecule has 0 fully saturated rings. The Balaban J connectivity index is 2.18. The SMILES string of the molecule is CC(C)Sc1nc2sc(-c3ccccc3)cc2c(=O)n1C. The van der Waals surface area contributed by atoms with Crippen LogP contribution >= 0.6 is 23.1 Å². The zero-order valence-electron chi connectivity index (χ0n) is 12.2. The molecular formula is C16H16N2OS2. The molecule has 0 saturated carbocycles. The lowest BCUT2D eigenvalue weighted by Gasteiger charge is -2.08. The van der Waals surface area contributed by atoms with Crippen molar-refractivity contribution in [1.29, 1.82) is 0 Å². The van der Waals surface area contributed by atoms with Crippen LogP contribution < -0.4 is 5.56 Å². The molecule has 0 saturated heterocycles. The van der Waals surface area contributed by atoms with Gasteiger partial charge < -0.3 is 0 Å². The van der Waals surface area contributed by atoms with Crippen LogP contribution in [0.15, 0.2) is 46.3 Å². The Morgan fingerprint density at radius 3 is 2.62 bits per heavy atom. The van der Waals surface area contributed by atoms with E-state index in [4.69, 9.17) is 0 Å². The summed E-state index contributed by atoms with van der Waals surface area (Å²) in [6, 6.07) is 12.1. The second-order valence-electron chi connectivity index (χ2n) is 5.12. The van der Waals surface area contributed by atoms with Crippen LogP contribution in [0.3, 0.4) is 0 Å². The lowest BCUT2D eigenvalue weighted by atomic mass is 10.2. The third-order valence-electron chi connectivity index (χ3n) is 3.13.